The van der Waals surface area contributed by atoms with Gasteiger partial charge in [0, 0.05) is 27.9 Å². The Balaban J connectivity index is 2.24. The molecule has 0 aliphatic rings. The second kappa shape index (κ2) is 8.80. The van der Waals surface area contributed by atoms with E-state index in [1.807, 2.05) is 12.1 Å². The van der Waals surface area contributed by atoms with Crippen LogP contribution in [-0.4, -0.2) is 10.8 Å². The van der Waals surface area contributed by atoms with Gasteiger partial charge in [-0.2, -0.15) is 0 Å². The molecule has 0 bridgehead atoms. The van der Waals surface area contributed by atoms with Crippen molar-refractivity contribution in [3.63, 3.8) is 0 Å². The number of hydrogen-bond acceptors (Lipinski definition) is 5. The maximum atomic E-state index is 6.36. The van der Waals surface area contributed by atoms with Crippen molar-refractivity contribution < 1.29 is 0 Å². The Bertz CT molecular complexity index is 811. The Morgan fingerprint density at radius 2 is 1.84 bits per heavy atom. The molecular formula is C17H17Cl2N5S. The summed E-state index contributed by atoms with van der Waals surface area (Å²) in [4.78, 5) is 10.0. The van der Waals surface area contributed by atoms with E-state index in [-0.39, 0.29) is 5.84 Å². The number of benzene rings is 1. The molecule has 0 saturated heterocycles. The number of aliphatic imine (C=N–C) groups is 1. The molecule has 8 heteroatoms. The maximum Gasteiger partial charge on any atom is 0.125 e. The summed E-state index contributed by atoms with van der Waals surface area (Å²) in [6.45, 7) is 5.36. The van der Waals surface area contributed by atoms with E-state index in [1.54, 1.807) is 37.5 Å². The number of nitrogens with two attached hydrogens (primary N) is 2. The van der Waals surface area contributed by atoms with Crippen LogP contribution in [0.3, 0.4) is 0 Å². The summed E-state index contributed by atoms with van der Waals surface area (Å²) in [7, 11) is 0. The summed E-state index contributed by atoms with van der Waals surface area (Å²) in [5.74, 6) is 0.609. The lowest BCUT2D eigenvalue weighted by Crippen LogP contribution is -2.19. The Morgan fingerprint density at radius 1 is 1.24 bits per heavy atom. The standard InChI is InChI=1S/C17H17Cl2N5S/c1-10(23-11(2)20)7-16(21)24-12-8-14(18)17(15(19)9-12)25-13-3-5-22-6-4-13/h3-9,23H,2,20H2,1H3,(H2,21,24). The van der Waals surface area contributed by atoms with Gasteiger partial charge in [-0.15, -0.1) is 0 Å². The van der Waals surface area contributed by atoms with E-state index in [0.717, 1.165) is 15.5 Å². The smallest absolute Gasteiger partial charge is 0.125 e. The largest absolute Gasteiger partial charge is 0.386 e. The molecule has 0 saturated carbocycles. The van der Waals surface area contributed by atoms with Gasteiger partial charge in [-0.3, -0.25) is 4.98 Å². The highest BCUT2D eigenvalue weighted by Crippen LogP contribution is 2.40. The van der Waals surface area contributed by atoms with Crippen molar-refractivity contribution in [2.45, 2.75) is 16.7 Å². The highest BCUT2D eigenvalue weighted by molar-refractivity contribution is 7.99. The summed E-state index contributed by atoms with van der Waals surface area (Å²) in [5, 5.41) is 3.83. The average Bonchev–Trinajstić information content (AvgIpc) is 2.51. The Morgan fingerprint density at radius 3 is 2.40 bits per heavy atom. The third kappa shape index (κ3) is 6.01. The third-order valence-corrected chi connectivity index (χ3v) is 4.81. The molecule has 0 fully saturated rings. The van der Waals surface area contributed by atoms with Crippen LogP contribution in [0.5, 0.6) is 0 Å². The van der Waals surface area contributed by atoms with Crippen LogP contribution in [0.25, 0.3) is 0 Å². The molecule has 5 N–H and O–H groups in total. The zero-order valence-electron chi connectivity index (χ0n) is 13.5. The molecule has 1 aromatic carbocycles. The van der Waals surface area contributed by atoms with Gasteiger partial charge in [-0.05, 0) is 37.3 Å². The number of aromatic nitrogens is 1. The number of hydrogen-bond donors (Lipinski definition) is 3. The van der Waals surface area contributed by atoms with Crippen molar-refractivity contribution in [2.24, 2.45) is 16.5 Å². The summed E-state index contributed by atoms with van der Waals surface area (Å²) >= 11 is 14.2. The number of amidine groups is 1. The van der Waals surface area contributed by atoms with E-state index in [4.69, 9.17) is 34.7 Å². The fourth-order valence-corrected chi connectivity index (χ4v) is 3.44. The molecular weight excluding hydrogens is 377 g/mol. The second-order valence-electron chi connectivity index (χ2n) is 5.04. The first-order valence-electron chi connectivity index (χ1n) is 7.16. The molecule has 0 atom stereocenters. The molecule has 0 aliphatic heterocycles. The summed E-state index contributed by atoms with van der Waals surface area (Å²) < 4.78 is 0. The highest BCUT2D eigenvalue weighted by atomic mass is 35.5. The van der Waals surface area contributed by atoms with Gasteiger partial charge in [-0.1, -0.05) is 41.5 Å². The molecule has 0 amide bonds. The maximum absolute atomic E-state index is 6.36. The number of nitrogens with zero attached hydrogens (tertiary/aromatic N) is 2. The van der Waals surface area contributed by atoms with Crippen molar-refractivity contribution >= 4 is 46.5 Å². The molecule has 5 nitrogen and oxygen atoms in total. The van der Waals surface area contributed by atoms with Crippen molar-refractivity contribution in [1.29, 1.82) is 0 Å². The molecule has 0 unspecified atom stereocenters. The molecule has 0 radical (unpaired) electrons. The van der Waals surface area contributed by atoms with Gasteiger partial charge >= 0.3 is 0 Å². The summed E-state index contributed by atoms with van der Waals surface area (Å²) in [5.41, 5.74) is 12.7. The first kappa shape index (κ1) is 19.2. The third-order valence-electron chi connectivity index (χ3n) is 2.83. The van der Waals surface area contributed by atoms with Gasteiger partial charge in [-0.25, -0.2) is 4.99 Å². The monoisotopic (exact) mass is 393 g/mol. The van der Waals surface area contributed by atoms with E-state index >= 15 is 0 Å². The SMILES string of the molecule is C=C(N)NC(C)=CC(N)=Nc1cc(Cl)c(Sc2ccncc2)c(Cl)c1. The van der Waals surface area contributed by atoms with Crippen LogP contribution >= 0.6 is 35.0 Å². The van der Waals surface area contributed by atoms with Crippen molar-refractivity contribution in [3.8, 4) is 0 Å². The van der Waals surface area contributed by atoms with E-state index in [0.29, 0.717) is 21.6 Å². The van der Waals surface area contributed by atoms with Gasteiger partial charge < -0.3 is 16.8 Å². The predicted molar refractivity (Wildman–Crippen MR) is 106 cm³/mol. The lowest BCUT2D eigenvalue weighted by atomic mass is 10.3. The van der Waals surface area contributed by atoms with Crippen LogP contribution in [-0.2, 0) is 0 Å². The minimum Gasteiger partial charge on any atom is -0.386 e. The topological polar surface area (TPSA) is 89.3 Å². The van der Waals surface area contributed by atoms with E-state index in [9.17, 15) is 0 Å². The Kier molecular flexibility index (Phi) is 6.75. The van der Waals surface area contributed by atoms with Crippen molar-refractivity contribution in [2.75, 3.05) is 0 Å². The highest BCUT2D eigenvalue weighted by Gasteiger charge is 2.10. The minimum atomic E-state index is 0.285. The van der Waals surface area contributed by atoms with Crippen LogP contribution in [0.1, 0.15) is 6.92 Å². The fourth-order valence-electron chi connectivity index (χ4n) is 1.93. The lowest BCUT2D eigenvalue weighted by molar-refractivity contribution is 0.956. The number of nitrogens with one attached hydrogen (secondary N) is 1. The van der Waals surface area contributed by atoms with Crippen LogP contribution in [0.4, 0.5) is 5.69 Å². The molecule has 25 heavy (non-hydrogen) atoms. The molecule has 1 aromatic heterocycles. The quantitative estimate of drug-likeness (QED) is 0.498. The van der Waals surface area contributed by atoms with Crippen LogP contribution in [0, 0.1) is 0 Å². The molecule has 2 rings (SSSR count). The zero-order chi connectivity index (χ0) is 18.4. The normalized spacial score (nSPS) is 12.1. The van der Waals surface area contributed by atoms with Gasteiger partial charge in [0.1, 0.15) is 5.84 Å². The zero-order valence-corrected chi connectivity index (χ0v) is 15.8. The van der Waals surface area contributed by atoms with Crippen LogP contribution in [0.15, 0.2) is 75.6 Å². The Labute approximate surface area is 160 Å². The van der Waals surface area contributed by atoms with Gasteiger partial charge in [0.15, 0.2) is 0 Å². The van der Waals surface area contributed by atoms with Gasteiger partial charge in [0.05, 0.1) is 21.6 Å². The lowest BCUT2D eigenvalue weighted by Gasteiger charge is -2.08. The Hall–Kier alpha value is -2.15. The molecule has 130 valence electrons. The molecule has 0 spiro atoms. The van der Waals surface area contributed by atoms with E-state index < -0.39 is 0 Å². The van der Waals surface area contributed by atoms with Crippen molar-refractivity contribution in [1.82, 2.24) is 10.3 Å². The number of halogens is 2. The van der Waals surface area contributed by atoms with Crippen molar-refractivity contribution in [3.05, 3.63) is 70.9 Å². The first-order chi connectivity index (χ1) is 11.8. The first-order valence-corrected chi connectivity index (χ1v) is 8.73. The number of allylic oxidation sites excluding steroid dienone is 1. The molecule has 1 heterocycles. The molecule has 0 aliphatic carbocycles. The fraction of sp³-hybridized carbons (Fsp3) is 0.0588. The average molecular weight is 394 g/mol. The summed E-state index contributed by atoms with van der Waals surface area (Å²) in [6.07, 6.45) is 5.06. The molecule has 2 aromatic rings. The minimum absolute atomic E-state index is 0.285. The van der Waals surface area contributed by atoms with Crippen LogP contribution in [0.2, 0.25) is 10.0 Å². The number of rotatable bonds is 6. The van der Waals surface area contributed by atoms with Gasteiger partial charge in [0.2, 0.25) is 0 Å². The van der Waals surface area contributed by atoms with E-state index in [2.05, 4.69) is 21.9 Å². The van der Waals surface area contributed by atoms with Crippen LogP contribution < -0.4 is 16.8 Å². The summed E-state index contributed by atoms with van der Waals surface area (Å²) in [6, 6.07) is 7.19. The number of pyridine rings is 1. The second-order valence-corrected chi connectivity index (χ2v) is 6.94. The van der Waals surface area contributed by atoms with Gasteiger partial charge in [0.25, 0.3) is 0 Å². The predicted octanol–water partition coefficient (Wildman–Crippen LogP) is 4.45. The van der Waals surface area contributed by atoms with E-state index in [1.165, 1.54) is 11.8 Å².